The van der Waals surface area contributed by atoms with Gasteiger partial charge in [0.25, 0.3) is 5.91 Å². The van der Waals surface area contributed by atoms with Gasteiger partial charge in [-0.15, -0.1) is 16.4 Å². The Bertz CT molecular complexity index is 1130. The minimum absolute atomic E-state index is 0.281. The first-order chi connectivity index (χ1) is 12.2. The smallest absolute Gasteiger partial charge is 0.264 e. The van der Waals surface area contributed by atoms with E-state index >= 15 is 0 Å². The third-order valence-corrected chi connectivity index (χ3v) is 5.78. The maximum Gasteiger partial charge on any atom is 0.264 e. The summed E-state index contributed by atoms with van der Waals surface area (Å²) in [4.78, 5) is 17.2. The van der Waals surface area contributed by atoms with Crippen molar-refractivity contribution in [2.24, 2.45) is 12.1 Å². The highest BCUT2D eigenvalue weighted by atomic mass is 32.1. The SMILES string of the molecule is Cn1/c(=N\NC(=O)/C=C/c2nc3ccccc3s2)sc2ccccc21. The fourth-order valence-corrected chi connectivity index (χ4v) is 4.29. The van der Waals surface area contributed by atoms with Gasteiger partial charge in [0.1, 0.15) is 5.01 Å². The first-order valence-electron chi connectivity index (χ1n) is 7.62. The Balaban J connectivity index is 1.52. The predicted molar refractivity (Wildman–Crippen MR) is 103 cm³/mol. The number of hydrogen-bond acceptors (Lipinski definition) is 5. The van der Waals surface area contributed by atoms with Crippen molar-refractivity contribution in [3.05, 3.63) is 64.4 Å². The van der Waals surface area contributed by atoms with Crippen molar-refractivity contribution in [3.8, 4) is 0 Å². The monoisotopic (exact) mass is 366 g/mol. The minimum Gasteiger partial charge on any atom is -0.318 e. The Morgan fingerprint density at radius 3 is 2.68 bits per heavy atom. The number of fused-ring (bicyclic) bond motifs is 2. The number of carbonyl (C=O) groups is 1. The van der Waals surface area contributed by atoms with Crippen LogP contribution in [0.5, 0.6) is 0 Å². The molecular formula is C18H14N4OS2. The van der Waals surface area contributed by atoms with Crippen LogP contribution in [0, 0.1) is 0 Å². The number of nitrogens with zero attached hydrogens (tertiary/aromatic N) is 3. The number of aromatic nitrogens is 2. The summed E-state index contributed by atoms with van der Waals surface area (Å²) in [6, 6.07) is 15.9. The molecule has 124 valence electrons. The van der Waals surface area contributed by atoms with Gasteiger partial charge in [-0.2, -0.15) is 0 Å². The van der Waals surface area contributed by atoms with Crippen LogP contribution < -0.4 is 10.2 Å². The number of benzene rings is 2. The first kappa shape index (κ1) is 15.7. The maximum absolute atomic E-state index is 12.0. The van der Waals surface area contributed by atoms with Crippen LogP contribution >= 0.6 is 22.7 Å². The van der Waals surface area contributed by atoms with Crippen LogP contribution in [0.4, 0.5) is 0 Å². The number of rotatable bonds is 3. The number of thiazole rings is 2. The van der Waals surface area contributed by atoms with Crippen LogP contribution in [0.2, 0.25) is 0 Å². The highest BCUT2D eigenvalue weighted by molar-refractivity contribution is 7.19. The molecule has 2 aromatic heterocycles. The molecule has 2 aromatic carbocycles. The number of hydrogen-bond donors (Lipinski definition) is 1. The molecule has 4 aromatic rings. The van der Waals surface area contributed by atoms with Crippen LogP contribution in [0.15, 0.2) is 59.7 Å². The lowest BCUT2D eigenvalue weighted by molar-refractivity contribution is -0.116. The average Bonchev–Trinajstić information content (AvgIpc) is 3.19. The first-order valence-corrected chi connectivity index (χ1v) is 9.26. The van der Waals surface area contributed by atoms with Gasteiger partial charge in [-0.05, 0) is 30.3 Å². The molecule has 0 saturated heterocycles. The third kappa shape index (κ3) is 3.24. The number of amides is 1. The highest BCUT2D eigenvalue weighted by Gasteiger charge is 2.03. The van der Waals surface area contributed by atoms with Gasteiger partial charge in [-0.25, -0.2) is 10.4 Å². The molecule has 0 saturated carbocycles. The van der Waals surface area contributed by atoms with Crippen molar-refractivity contribution < 1.29 is 4.79 Å². The van der Waals surface area contributed by atoms with E-state index in [1.165, 1.54) is 17.4 Å². The molecule has 0 aliphatic heterocycles. The standard InChI is InChI=1S/C18H14N4OS2/c1-22-13-7-3-5-9-15(13)25-18(22)21-20-16(23)10-11-17-19-12-6-2-4-8-14(12)24-17/h2-11H,1H3,(H,20,23)/b11-10+,21-18+. The third-order valence-electron chi connectivity index (χ3n) is 3.66. The number of carbonyl (C=O) groups excluding carboxylic acids is 1. The molecule has 0 unspecified atom stereocenters. The lowest BCUT2D eigenvalue weighted by Gasteiger charge is -1.94. The molecule has 5 nitrogen and oxygen atoms in total. The molecule has 0 atom stereocenters. The number of aryl methyl sites for hydroxylation is 1. The van der Waals surface area contributed by atoms with Crippen molar-refractivity contribution in [2.75, 3.05) is 0 Å². The van der Waals surface area contributed by atoms with E-state index < -0.39 is 0 Å². The Morgan fingerprint density at radius 2 is 1.88 bits per heavy atom. The van der Waals surface area contributed by atoms with Gasteiger partial charge in [0.15, 0.2) is 0 Å². The Labute approximate surface area is 151 Å². The zero-order valence-corrected chi connectivity index (χ0v) is 15.0. The van der Waals surface area contributed by atoms with E-state index in [0.29, 0.717) is 0 Å². The quantitative estimate of drug-likeness (QED) is 0.446. The van der Waals surface area contributed by atoms with Gasteiger partial charge < -0.3 is 4.57 Å². The molecule has 1 amide bonds. The number of nitrogens with one attached hydrogen (secondary N) is 1. The van der Waals surface area contributed by atoms with Crippen LogP contribution in [0.25, 0.3) is 26.5 Å². The van der Waals surface area contributed by atoms with Gasteiger partial charge >= 0.3 is 0 Å². The van der Waals surface area contributed by atoms with Gasteiger partial charge in [0.2, 0.25) is 4.80 Å². The second-order valence-corrected chi connectivity index (χ2v) is 7.42. The maximum atomic E-state index is 12.0. The van der Waals surface area contributed by atoms with Gasteiger partial charge in [0.05, 0.1) is 20.4 Å². The van der Waals surface area contributed by atoms with Crippen LogP contribution in [-0.2, 0) is 11.8 Å². The van der Waals surface area contributed by atoms with Crippen molar-refractivity contribution >= 4 is 55.1 Å². The molecule has 0 fully saturated rings. The fourth-order valence-electron chi connectivity index (χ4n) is 2.44. The largest absolute Gasteiger partial charge is 0.318 e. The fraction of sp³-hybridized carbons (Fsp3) is 0.0556. The lowest BCUT2D eigenvalue weighted by atomic mass is 10.3. The molecule has 0 aliphatic rings. The molecule has 1 N–H and O–H groups in total. The predicted octanol–water partition coefficient (Wildman–Crippen LogP) is 3.49. The highest BCUT2D eigenvalue weighted by Crippen LogP contribution is 2.22. The Hall–Kier alpha value is -2.77. The van der Waals surface area contributed by atoms with E-state index in [1.807, 2.05) is 60.1 Å². The Morgan fingerprint density at radius 1 is 1.12 bits per heavy atom. The summed E-state index contributed by atoms with van der Waals surface area (Å²) >= 11 is 3.08. The van der Waals surface area contributed by atoms with Gasteiger partial charge in [-0.1, -0.05) is 35.6 Å². The second kappa shape index (κ2) is 6.62. The van der Waals surface area contributed by atoms with Crippen molar-refractivity contribution in [1.82, 2.24) is 15.0 Å². The average molecular weight is 366 g/mol. The van der Waals surface area contributed by atoms with E-state index in [1.54, 1.807) is 17.4 Å². The van der Waals surface area contributed by atoms with Crippen LogP contribution in [-0.4, -0.2) is 15.5 Å². The van der Waals surface area contributed by atoms with E-state index in [4.69, 9.17) is 0 Å². The molecule has 0 aliphatic carbocycles. The summed E-state index contributed by atoms with van der Waals surface area (Å²) in [5.41, 5.74) is 4.60. The lowest BCUT2D eigenvalue weighted by Crippen LogP contribution is -2.21. The number of para-hydroxylation sites is 2. The molecule has 0 bridgehead atoms. The molecule has 2 heterocycles. The molecule has 4 rings (SSSR count). The van der Waals surface area contributed by atoms with Crippen molar-refractivity contribution in [1.29, 1.82) is 0 Å². The second-order valence-electron chi connectivity index (χ2n) is 5.35. The zero-order valence-electron chi connectivity index (χ0n) is 13.3. The van der Waals surface area contributed by atoms with Gasteiger partial charge in [0, 0.05) is 13.1 Å². The normalized spacial score (nSPS) is 12.4. The topological polar surface area (TPSA) is 59.3 Å². The summed E-state index contributed by atoms with van der Waals surface area (Å²) < 4.78 is 4.19. The van der Waals surface area contributed by atoms with Crippen molar-refractivity contribution in [3.63, 3.8) is 0 Å². The molecule has 7 heteroatoms. The molecule has 0 radical (unpaired) electrons. The zero-order chi connectivity index (χ0) is 17.2. The van der Waals surface area contributed by atoms with Crippen LogP contribution in [0.1, 0.15) is 5.01 Å². The molecular weight excluding hydrogens is 352 g/mol. The summed E-state index contributed by atoms with van der Waals surface area (Å²) in [7, 11) is 1.93. The van der Waals surface area contributed by atoms with Gasteiger partial charge in [-0.3, -0.25) is 4.79 Å². The van der Waals surface area contributed by atoms with E-state index in [-0.39, 0.29) is 5.91 Å². The van der Waals surface area contributed by atoms with E-state index in [9.17, 15) is 4.79 Å². The molecule has 0 spiro atoms. The summed E-state index contributed by atoms with van der Waals surface area (Å²) in [6.45, 7) is 0. The summed E-state index contributed by atoms with van der Waals surface area (Å²) in [5.74, 6) is -0.281. The van der Waals surface area contributed by atoms with Crippen LogP contribution in [0.3, 0.4) is 0 Å². The van der Waals surface area contributed by atoms with E-state index in [0.717, 1.165) is 30.2 Å². The minimum atomic E-state index is -0.281. The molecule has 25 heavy (non-hydrogen) atoms. The van der Waals surface area contributed by atoms with Crippen molar-refractivity contribution in [2.45, 2.75) is 0 Å². The summed E-state index contributed by atoms with van der Waals surface area (Å²) in [6.07, 6.45) is 3.16. The van der Waals surface area contributed by atoms with E-state index in [2.05, 4.69) is 15.5 Å². The Kier molecular flexibility index (Phi) is 4.17. The summed E-state index contributed by atoms with van der Waals surface area (Å²) in [5, 5.41) is 5.01.